The van der Waals surface area contributed by atoms with E-state index < -0.39 is 0 Å². The second-order valence-electron chi connectivity index (χ2n) is 6.05. The van der Waals surface area contributed by atoms with E-state index in [1.807, 2.05) is 12.1 Å². The molecule has 1 heterocycles. The van der Waals surface area contributed by atoms with Crippen LogP contribution in [-0.2, 0) is 0 Å². The van der Waals surface area contributed by atoms with Crippen LogP contribution in [0.2, 0.25) is 5.02 Å². The molecule has 120 valence electrons. The topological polar surface area (TPSA) is 32.3 Å². The maximum atomic E-state index is 12.2. The second-order valence-corrected chi connectivity index (χ2v) is 6.48. The Morgan fingerprint density at radius 2 is 1.78 bits per heavy atom. The molecule has 1 atom stereocenters. The van der Waals surface area contributed by atoms with Gasteiger partial charge in [0.05, 0.1) is 0 Å². The number of benzene rings is 2. The minimum atomic E-state index is -0.124. The van der Waals surface area contributed by atoms with Crippen molar-refractivity contribution in [3.8, 4) is 0 Å². The van der Waals surface area contributed by atoms with Crippen LogP contribution in [0, 0.1) is 0 Å². The van der Waals surface area contributed by atoms with Gasteiger partial charge in [0.25, 0.3) is 5.91 Å². The number of nitrogens with zero attached hydrogens (tertiary/aromatic N) is 1. The van der Waals surface area contributed by atoms with E-state index >= 15 is 0 Å². The van der Waals surface area contributed by atoms with Gasteiger partial charge in [-0.15, -0.1) is 0 Å². The number of rotatable bonds is 3. The van der Waals surface area contributed by atoms with E-state index in [9.17, 15) is 4.79 Å². The molecule has 0 radical (unpaired) electrons. The van der Waals surface area contributed by atoms with Crippen molar-refractivity contribution in [2.24, 2.45) is 0 Å². The number of carbonyl (C=O) groups is 1. The number of halogens is 1. The zero-order chi connectivity index (χ0) is 16.2. The molecule has 4 heteroatoms. The van der Waals surface area contributed by atoms with Crippen molar-refractivity contribution in [2.75, 3.05) is 16.8 Å². The number of carbonyl (C=O) groups excluding carboxylic acids is 1. The summed E-state index contributed by atoms with van der Waals surface area (Å²) >= 11 is 5.84. The van der Waals surface area contributed by atoms with Gasteiger partial charge in [-0.05, 0) is 74.7 Å². The summed E-state index contributed by atoms with van der Waals surface area (Å²) in [6.45, 7) is 3.38. The lowest BCUT2D eigenvalue weighted by Gasteiger charge is -2.35. The van der Waals surface area contributed by atoms with Crippen molar-refractivity contribution in [1.29, 1.82) is 0 Å². The summed E-state index contributed by atoms with van der Waals surface area (Å²) in [5.41, 5.74) is 2.63. The molecule has 1 aliphatic rings. The average molecular weight is 329 g/mol. The average Bonchev–Trinajstić information content (AvgIpc) is 2.57. The molecule has 1 unspecified atom stereocenters. The van der Waals surface area contributed by atoms with Gasteiger partial charge < -0.3 is 10.2 Å². The molecule has 0 saturated carbocycles. The third-order valence-corrected chi connectivity index (χ3v) is 4.62. The molecule has 1 N–H and O–H groups in total. The van der Waals surface area contributed by atoms with E-state index in [2.05, 4.69) is 29.3 Å². The van der Waals surface area contributed by atoms with Gasteiger partial charge in [0.15, 0.2) is 0 Å². The van der Waals surface area contributed by atoms with Gasteiger partial charge in [-0.2, -0.15) is 0 Å². The highest BCUT2D eigenvalue weighted by Crippen LogP contribution is 2.26. The van der Waals surface area contributed by atoms with E-state index in [0.717, 1.165) is 12.2 Å². The summed E-state index contributed by atoms with van der Waals surface area (Å²) < 4.78 is 0. The number of nitrogens with one attached hydrogen (secondary N) is 1. The van der Waals surface area contributed by atoms with Gasteiger partial charge in [-0.1, -0.05) is 11.6 Å². The fourth-order valence-electron chi connectivity index (χ4n) is 3.02. The summed E-state index contributed by atoms with van der Waals surface area (Å²) in [5, 5.41) is 3.54. The van der Waals surface area contributed by atoms with Crippen LogP contribution in [-0.4, -0.2) is 18.5 Å². The fraction of sp³-hybridized carbons (Fsp3) is 0.316. The molecule has 1 fully saturated rings. The van der Waals surface area contributed by atoms with E-state index in [4.69, 9.17) is 11.6 Å². The van der Waals surface area contributed by atoms with Crippen LogP contribution in [0.5, 0.6) is 0 Å². The first-order valence-electron chi connectivity index (χ1n) is 8.07. The molecule has 2 aromatic rings. The first kappa shape index (κ1) is 15.9. The van der Waals surface area contributed by atoms with Gasteiger partial charge in [0.2, 0.25) is 0 Å². The highest BCUT2D eigenvalue weighted by atomic mass is 35.5. The number of hydrogen-bond acceptors (Lipinski definition) is 2. The Balaban J connectivity index is 1.67. The minimum Gasteiger partial charge on any atom is -0.369 e. The van der Waals surface area contributed by atoms with Crippen molar-refractivity contribution in [3.05, 3.63) is 59.1 Å². The molecule has 0 aromatic heterocycles. The molecule has 2 aromatic carbocycles. The van der Waals surface area contributed by atoms with Crippen LogP contribution in [0.1, 0.15) is 36.5 Å². The Kier molecular flexibility index (Phi) is 4.87. The molecular formula is C19H21ClN2O. The van der Waals surface area contributed by atoms with Gasteiger partial charge in [0, 0.05) is 34.5 Å². The van der Waals surface area contributed by atoms with Crippen molar-refractivity contribution >= 4 is 28.9 Å². The molecule has 0 aliphatic carbocycles. The standard InChI is InChI=1S/C19H21ClN2O/c1-14-4-2-3-13-22(14)18-11-9-17(10-12-18)21-19(23)15-5-7-16(20)8-6-15/h5-12,14H,2-4,13H2,1H3,(H,21,23). The van der Waals surface area contributed by atoms with E-state index in [0.29, 0.717) is 16.6 Å². The fourth-order valence-corrected chi connectivity index (χ4v) is 3.15. The quantitative estimate of drug-likeness (QED) is 0.862. The first-order chi connectivity index (χ1) is 11.1. The number of piperidine rings is 1. The third-order valence-electron chi connectivity index (χ3n) is 4.37. The van der Waals surface area contributed by atoms with Crippen LogP contribution < -0.4 is 10.2 Å². The third kappa shape index (κ3) is 3.85. The lowest BCUT2D eigenvalue weighted by Crippen LogP contribution is -2.37. The van der Waals surface area contributed by atoms with Crippen LogP contribution in [0.3, 0.4) is 0 Å². The second kappa shape index (κ2) is 7.05. The van der Waals surface area contributed by atoms with Gasteiger partial charge in [-0.25, -0.2) is 0 Å². The predicted octanol–water partition coefficient (Wildman–Crippen LogP) is 4.97. The summed E-state index contributed by atoms with van der Waals surface area (Å²) in [7, 11) is 0. The normalized spacial score (nSPS) is 17.8. The molecular weight excluding hydrogens is 308 g/mol. The zero-order valence-corrected chi connectivity index (χ0v) is 14.0. The van der Waals surface area contributed by atoms with E-state index in [-0.39, 0.29) is 5.91 Å². The molecule has 0 spiro atoms. The Hall–Kier alpha value is -2.00. The van der Waals surface area contributed by atoms with Crippen molar-refractivity contribution < 1.29 is 4.79 Å². The van der Waals surface area contributed by atoms with Crippen LogP contribution in [0.15, 0.2) is 48.5 Å². The summed E-state index contributed by atoms with van der Waals surface area (Å²) in [6, 6.07) is 15.6. The smallest absolute Gasteiger partial charge is 0.255 e. The van der Waals surface area contributed by atoms with Crippen LogP contribution >= 0.6 is 11.6 Å². The number of anilines is 2. The molecule has 3 nitrogen and oxygen atoms in total. The monoisotopic (exact) mass is 328 g/mol. The number of hydrogen-bond donors (Lipinski definition) is 1. The largest absolute Gasteiger partial charge is 0.369 e. The van der Waals surface area contributed by atoms with E-state index in [1.165, 1.54) is 24.9 Å². The highest BCUT2D eigenvalue weighted by molar-refractivity contribution is 6.30. The summed E-state index contributed by atoms with van der Waals surface area (Å²) in [5.74, 6) is -0.124. The van der Waals surface area contributed by atoms with E-state index in [1.54, 1.807) is 24.3 Å². The molecule has 0 bridgehead atoms. The Morgan fingerprint density at radius 3 is 2.43 bits per heavy atom. The maximum absolute atomic E-state index is 12.2. The summed E-state index contributed by atoms with van der Waals surface area (Å²) in [6.07, 6.45) is 3.81. The molecule has 1 aliphatic heterocycles. The van der Waals surface area contributed by atoms with Crippen LogP contribution in [0.4, 0.5) is 11.4 Å². The molecule has 3 rings (SSSR count). The molecule has 1 saturated heterocycles. The van der Waals surface area contributed by atoms with Crippen LogP contribution in [0.25, 0.3) is 0 Å². The molecule has 23 heavy (non-hydrogen) atoms. The van der Waals surface area contributed by atoms with Crippen molar-refractivity contribution in [2.45, 2.75) is 32.2 Å². The lowest BCUT2D eigenvalue weighted by atomic mass is 10.0. The maximum Gasteiger partial charge on any atom is 0.255 e. The Morgan fingerprint density at radius 1 is 1.09 bits per heavy atom. The van der Waals surface area contributed by atoms with Gasteiger partial charge >= 0.3 is 0 Å². The minimum absolute atomic E-state index is 0.124. The predicted molar refractivity (Wildman–Crippen MR) is 96.5 cm³/mol. The zero-order valence-electron chi connectivity index (χ0n) is 13.3. The molecule has 1 amide bonds. The summed E-state index contributed by atoms with van der Waals surface area (Å²) in [4.78, 5) is 14.6. The van der Waals surface area contributed by atoms with Gasteiger partial charge in [0.1, 0.15) is 0 Å². The van der Waals surface area contributed by atoms with Gasteiger partial charge in [-0.3, -0.25) is 4.79 Å². The lowest BCUT2D eigenvalue weighted by molar-refractivity contribution is 0.102. The Bertz CT molecular complexity index is 667. The van der Waals surface area contributed by atoms with Crippen molar-refractivity contribution in [1.82, 2.24) is 0 Å². The SMILES string of the molecule is CC1CCCCN1c1ccc(NC(=O)c2ccc(Cl)cc2)cc1. The first-order valence-corrected chi connectivity index (χ1v) is 8.45. The highest BCUT2D eigenvalue weighted by Gasteiger charge is 2.18. The Labute approximate surface area is 142 Å². The van der Waals surface area contributed by atoms with Crippen molar-refractivity contribution in [3.63, 3.8) is 0 Å². The number of amides is 1.